The van der Waals surface area contributed by atoms with Crippen LogP contribution < -0.4 is 10.6 Å². The molecule has 1 aliphatic rings. The molecule has 0 saturated heterocycles. The summed E-state index contributed by atoms with van der Waals surface area (Å²) in [6.45, 7) is 6.35. The van der Waals surface area contributed by atoms with Gasteiger partial charge in [-0.1, -0.05) is 43.3 Å². The molecule has 1 unspecified atom stereocenters. The summed E-state index contributed by atoms with van der Waals surface area (Å²) in [5, 5.41) is 5.94. The number of nitrogens with zero attached hydrogens (tertiary/aromatic N) is 1. The maximum absolute atomic E-state index is 13.4. The first kappa shape index (κ1) is 29.4. The average molecular weight is 580 g/mol. The highest BCUT2D eigenvalue weighted by Crippen LogP contribution is 2.38. The summed E-state index contributed by atoms with van der Waals surface area (Å²) >= 11 is 2.72. The summed E-state index contributed by atoms with van der Waals surface area (Å²) in [7, 11) is 0. The third-order valence-corrected chi connectivity index (χ3v) is 8.98. The number of thioether (sulfide) groups is 1. The Morgan fingerprint density at radius 2 is 1.82 bits per heavy atom. The predicted octanol–water partition coefficient (Wildman–Crippen LogP) is 5.52. The molecule has 0 radical (unpaired) electrons. The third kappa shape index (κ3) is 7.31. The number of anilines is 2. The van der Waals surface area contributed by atoms with Crippen molar-refractivity contribution in [3.63, 3.8) is 0 Å². The van der Waals surface area contributed by atoms with Crippen molar-refractivity contribution >= 4 is 57.5 Å². The van der Waals surface area contributed by atoms with Gasteiger partial charge in [0.1, 0.15) is 5.00 Å². The quantitative estimate of drug-likeness (QED) is 0.242. The van der Waals surface area contributed by atoms with Crippen LogP contribution in [0.2, 0.25) is 0 Å². The molecule has 0 bridgehead atoms. The summed E-state index contributed by atoms with van der Waals surface area (Å²) < 4.78 is 5.31. The summed E-state index contributed by atoms with van der Waals surface area (Å²) in [6.07, 6.45) is 1.36. The molecule has 10 heteroatoms. The Morgan fingerprint density at radius 1 is 1.05 bits per heavy atom. The van der Waals surface area contributed by atoms with Crippen molar-refractivity contribution in [3.05, 3.63) is 76.2 Å². The molecule has 210 valence electrons. The van der Waals surface area contributed by atoms with E-state index in [1.807, 2.05) is 61.5 Å². The lowest BCUT2D eigenvalue weighted by molar-refractivity contribution is -0.129. The van der Waals surface area contributed by atoms with Gasteiger partial charge in [-0.15, -0.1) is 23.1 Å². The van der Waals surface area contributed by atoms with Crippen molar-refractivity contribution in [1.29, 1.82) is 0 Å². The Morgan fingerprint density at radius 3 is 2.52 bits per heavy atom. The molecule has 2 aromatic carbocycles. The molecule has 0 spiro atoms. The fourth-order valence-electron chi connectivity index (χ4n) is 4.49. The predicted molar refractivity (Wildman–Crippen MR) is 159 cm³/mol. The Bertz CT molecular complexity index is 1390. The van der Waals surface area contributed by atoms with E-state index in [0.29, 0.717) is 42.2 Å². The molecule has 1 aliphatic heterocycles. The first-order valence-electron chi connectivity index (χ1n) is 13.3. The van der Waals surface area contributed by atoms with Crippen molar-refractivity contribution in [3.8, 4) is 0 Å². The molecule has 2 heterocycles. The van der Waals surface area contributed by atoms with E-state index in [0.717, 1.165) is 20.9 Å². The van der Waals surface area contributed by atoms with E-state index >= 15 is 0 Å². The first-order chi connectivity index (χ1) is 19.3. The minimum Gasteiger partial charge on any atom is -0.462 e. The van der Waals surface area contributed by atoms with Gasteiger partial charge < -0.3 is 20.3 Å². The number of thiophene rings is 1. The van der Waals surface area contributed by atoms with E-state index in [4.69, 9.17) is 4.74 Å². The van der Waals surface area contributed by atoms with Crippen LogP contribution in [0.1, 0.15) is 53.6 Å². The number of benzene rings is 2. The van der Waals surface area contributed by atoms with Crippen molar-refractivity contribution in [2.24, 2.45) is 0 Å². The van der Waals surface area contributed by atoms with Gasteiger partial charge >= 0.3 is 5.97 Å². The minimum absolute atomic E-state index is 0.0248. The highest BCUT2D eigenvalue weighted by atomic mass is 32.2. The van der Waals surface area contributed by atoms with Gasteiger partial charge in [0.05, 0.1) is 30.4 Å². The number of hydrogen-bond donors (Lipinski definition) is 2. The van der Waals surface area contributed by atoms with E-state index in [9.17, 15) is 19.2 Å². The molecule has 0 aliphatic carbocycles. The topological polar surface area (TPSA) is 105 Å². The lowest BCUT2D eigenvalue weighted by atomic mass is 10.0. The highest BCUT2D eigenvalue weighted by Gasteiger charge is 2.31. The zero-order chi connectivity index (χ0) is 28.6. The standard InChI is InChI=1S/C30H33N3O5S2/c1-4-24(39-22-13-9-12-21(17-22)31-26(35)16-20-10-7-6-8-11-20)28(36)32-29-27(30(37)38-5-2)23-14-15-33(19(3)34)18-25(23)40-29/h6-13,17,24H,4-5,14-16,18H2,1-3H3,(H,31,35)(H,32,36). The van der Waals surface area contributed by atoms with Crippen LogP contribution in [0.25, 0.3) is 0 Å². The summed E-state index contributed by atoms with van der Waals surface area (Å²) in [6, 6.07) is 17.0. The number of hydrogen-bond acceptors (Lipinski definition) is 7. The van der Waals surface area contributed by atoms with Gasteiger partial charge in [0.2, 0.25) is 17.7 Å². The second-order valence-corrected chi connectivity index (χ2v) is 11.7. The second kappa shape index (κ2) is 13.6. The molecule has 0 fully saturated rings. The van der Waals surface area contributed by atoms with Gasteiger partial charge in [0.25, 0.3) is 0 Å². The molecule has 1 atom stereocenters. The maximum Gasteiger partial charge on any atom is 0.341 e. The van der Waals surface area contributed by atoms with Crippen molar-refractivity contribution < 1.29 is 23.9 Å². The van der Waals surface area contributed by atoms with E-state index in [1.165, 1.54) is 30.0 Å². The molecule has 2 N–H and O–H groups in total. The van der Waals surface area contributed by atoms with Crippen molar-refractivity contribution in [2.45, 2.75) is 56.7 Å². The van der Waals surface area contributed by atoms with Crippen LogP contribution in [0, 0.1) is 0 Å². The SMILES string of the molecule is CCOC(=O)c1c(NC(=O)C(CC)Sc2cccc(NC(=O)Cc3ccccc3)c2)sc2c1CCN(C(C)=O)C2. The van der Waals surface area contributed by atoms with Crippen LogP contribution in [0.5, 0.6) is 0 Å². The van der Waals surface area contributed by atoms with Crippen LogP contribution in [-0.4, -0.2) is 47.0 Å². The molecule has 1 aromatic heterocycles. The van der Waals surface area contributed by atoms with Crippen LogP contribution in [-0.2, 0) is 38.5 Å². The van der Waals surface area contributed by atoms with Gasteiger partial charge in [-0.2, -0.15) is 0 Å². The fraction of sp³-hybridized carbons (Fsp3) is 0.333. The van der Waals surface area contributed by atoms with Gasteiger partial charge in [0, 0.05) is 28.9 Å². The van der Waals surface area contributed by atoms with Crippen LogP contribution in [0.3, 0.4) is 0 Å². The molecular weight excluding hydrogens is 546 g/mol. The third-order valence-electron chi connectivity index (χ3n) is 6.49. The number of nitrogens with one attached hydrogen (secondary N) is 2. The molecule has 4 rings (SSSR count). The zero-order valence-electron chi connectivity index (χ0n) is 22.8. The molecule has 3 aromatic rings. The van der Waals surface area contributed by atoms with Crippen LogP contribution >= 0.6 is 23.1 Å². The van der Waals surface area contributed by atoms with Gasteiger partial charge in [-0.25, -0.2) is 4.79 Å². The van der Waals surface area contributed by atoms with Gasteiger partial charge in [-0.05, 0) is 49.1 Å². The number of carbonyl (C=O) groups excluding carboxylic acids is 4. The van der Waals surface area contributed by atoms with E-state index in [1.54, 1.807) is 11.8 Å². The zero-order valence-corrected chi connectivity index (χ0v) is 24.5. The smallest absolute Gasteiger partial charge is 0.341 e. The normalized spacial score (nSPS) is 13.2. The molecule has 0 saturated carbocycles. The average Bonchev–Trinajstić information content (AvgIpc) is 3.29. The van der Waals surface area contributed by atoms with Crippen molar-refractivity contribution in [1.82, 2.24) is 4.90 Å². The summed E-state index contributed by atoms with van der Waals surface area (Å²) in [4.78, 5) is 54.2. The van der Waals surface area contributed by atoms with Crippen LogP contribution in [0.4, 0.5) is 10.7 Å². The number of rotatable bonds is 10. The highest BCUT2D eigenvalue weighted by molar-refractivity contribution is 8.00. The fourth-order valence-corrected chi connectivity index (χ4v) is 6.76. The number of amides is 3. The molecule has 8 nitrogen and oxygen atoms in total. The van der Waals surface area contributed by atoms with E-state index < -0.39 is 11.2 Å². The lowest BCUT2D eigenvalue weighted by Gasteiger charge is -2.25. The Kier molecular flexibility index (Phi) is 10.0. The number of esters is 1. The first-order valence-corrected chi connectivity index (χ1v) is 15.0. The number of ether oxygens (including phenoxy) is 1. The second-order valence-electron chi connectivity index (χ2n) is 9.36. The minimum atomic E-state index is -0.466. The van der Waals surface area contributed by atoms with E-state index in [-0.39, 0.29) is 30.7 Å². The molecular formula is C30H33N3O5S2. The van der Waals surface area contributed by atoms with Gasteiger partial charge in [0.15, 0.2) is 0 Å². The Labute approximate surface area is 242 Å². The Balaban J connectivity index is 1.46. The lowest BCUT2D eigenvalue weighted by Crippen LogP contribution is -2.34. The van der Waals surface area contributed by atoms with E-state index in [2.05, 4.69) is 10.6 Å². The maximum atomic E-state index is 13.4. The molecule has 40 heavy (non-hydrogen) atoms. The largest absolute Gasteiger partial charge is 0.462 e. The monoisotopic (exact) mass is 579 g/mol. The molecule has 3 amide bonds. The van der Waals surface area contributed by atoms with Gasteiger partial charge in [-0.3, -0.25) is 14.4 Å². The number of carbonyl (C=O) groups is 4. The van der Waals surface area contributed by atoms with Crippen molar-refractivity contribution in [2.75, 3.05) is 23.8 Å². The Hall–Kier alpha value is -3.63. The summed E-state index contributed by atoms with van der Waals surface area (Å²) in [5.41, 5.74) is 2.82. The number of fused-ring (bicyclic) bond motifs is 1. The van der Waals surface area contributed by atoms with Crippen LogP contribution in [0.15, 0.2) is 59.5 Å². The summed E-state index contributed by atoms with van der Waals surface area (Å²) in [5.74, 6) is -0.831.